The molecule has 0 heterocycles. The van der Waals surface area contributed by atoms with Gasteiger partial charge in [-0.15, -0.1) is 0 Å². The van der Waals surface area contributed by atoms with Crippen LogP contribution in [0.5, 0.6) is 0 Å². The Labute approximate surface area is 106 Å². The molecule has 4 nitrogen and oxygen atoms in total. The minimum absolute atomic E-state index is 0.174. The summed E-state index contributed by atoms with van der Waals surface area (Å²) in [6.45, 7) is 1.42. The number of amides is 1. The first-order chi connectivity index (χ1) is 8.04. The Balaban J connectivity index is 2.79. The highest BCUT2D eigenvalue weighted by molar-refractivity contribution is 7.80. The van der Waals surface area contributed by atoms with Crippen molar-refractivity contribution in [1.82, 2.24) is 0 Å². The van der Waals surface area contributed by atoms with Crippen LogP contribution >= 0.6 is 12.6 Å². The van der Waals surface area contributed by atoms with E-state index in [0.717, 1.165) is 0 Å². The van der Waals surface area contributed by atoms with Gasteiger partial charge in [-0.25, -0.2) is 0 Å². The van der Waals surface area contributed by atoms with Crippen LogP contribution in [0.4, 0.5) is 5.69 Å². The van der Waals surface area contributed by atoms with Crippen LogP contribution in [0.15, 0.2) is 24.3 Å². The van der Waals surface area contributed by atoms with Gasteiger partial charge in [-0.05, 0) is 29.9 Å². The largest absolute Gasteiger partial charge is 0.390 e. The predicted molar refractivity (Wildman–Crippen MR) is 70.2 cm³/mol. The molecule has 0 saturated heterocycles. The number of hydrogen-bond acceptors (Lipinski definition) is 4. The smallest absolute Gasteiger partial charge is 0.221 e. The predicted octanol–water partition coefficient (Wildman–Crippen LogP) is 1.36. The molecule has 0 fully saturated rings. The molecule has 0 bridgehead atoms. The molecule has 1 amide bonds. The molecule has 5 heteroatoms. The Kier molecular flexibility index (Phi) is 5.47. The van der Waals surface area contributed by atoms with Crippen LogP contribution in [0.2, 0.25) is 0 Å². The van der Waals surface area contributed by atoms with E-state index in [0.29, 0.717) is 23.4 Å². The molecular weight excluding hydrogens is 238 g/mol. The zero-order valence-corrected chi connectivity index (χ0v) is 10.5. The maximum absolute atomic E-state index is 10.9. The summed E-state index contributed by atoms with van der Waals surface area (Å²) in [6.07, 6.45) is -1.40. The highest BCUT2D eigenvalue weighted by Crippen LogP contribution is 2.22. The monoisotopic (exact) mass is 255 g/mol. The van der Waals surface area contributed by atoms with Gasteiger partial charge in [0.25, 0.3) is 0 Å². The van der Waals surface area contributed by atoms with Crippen LogP contribution in [-0.4, -0.2) is 28.0 Å². The normalized spacial score (nSPS) is 14.1. The molecule has 0 aliphatic carbocycles. The number of rotatable bonds is 5. The number of thiol groups is 1. The fraction of sp³-hybridized carbons (Fsp3) is 0.417. The molecule has 0 radical (unpaired) electrons. The summed E-state index contributed by atoms with van der Waals surface area (Å²) in [5, 5.41) is 22.2. The minimum Gasteiger partial charge on any atom is -0.390 e. The molecule has 1 rings (SSSR count). The Hall–Kier alpha value is -1.04. The summed E-state index contributed by atoms with van der Waals surface area (Å²) in [4.78, 5) is 10.9. The third-order valence-electron chi connectivity index (χ3n) is 2.34. The molecule has 0 spiro atoms. The lowest BCUT2D eigenvalue weighted by Gasteiger charge is -2.18. The topological polar surface area (TPSA) is 69.6 Å². The fourth-order valence-corrected chi connectivity index (χ4v) is 1.78. The number of aliphatic hydroxyl groups is 2. The lowest BCUT2D eigenvalue weighted by atomic mass is 10.0. The first kappa shape index (κ1) is 14.0. The Bertz CT molecular complexity index is 384. The summed E-state index contributed by atoms with van der Waals surface area (Å²) in [5.41, 5.74) is 1.18. The van der Waals surface area contributed by atoms with E-state index in [9.17, 15) is 15.0 Å². The summed E-state index contributed by atoms with van der Waals surface area (Å²) < 4.78 is 0. The van der Waals surface area contributed by atoms with E-state index >= 15 is 0 Å². The number of carbonyl (C=O) groups excluding carboxylic acids is 1. The van der Waals surface area contributed by atoms with Gasteiger partial charge in [0.15, 0.2) is 0 Å². The number of hydrogen-bond donors (Lipinski definition) is 4. The van der Waals surface area contributed by atoms with E-state index in [1.54, 1.807) is 24.3 Å². The summed E-state index contributed by atoms with van der Waals surface area (Å²) in [5.74, 6) is 0.330. The lowest BCUT2D eigenvalue weighted by molar-refractivity contribution is -0.114. The Morgan fingerprint density at radius 2 is 2.18 bits per heavy atom. The molecule has 2 unspecified atom stereocenters. The number of nitrogens with one attached hydrogen (secondary N) is 1. The van der Waals surface area contributed by atoms with E-state index in [4.69, 9.17) is 0 Å². The molecule has 0 saturated carbocycles. The van der Waals surface area contributed by atoms with Crippen LogP contribution in [0, 0.1) is 0 Å². The summed E-state index contributed by atoms with van der Waals surface area (Å²) >= 11 is 4.00. The number of carbonyl (C=O) groups is 1. The SMILES string of the molecule is CC(=O)Nc1cccc(C(O)C(O)CCS)c1. The maximum atomic E-state index is 10.9. The molecule has 1 aromatic carbocycles. The van der Waals surface area contributed by atoms with Crippen molar-refractivity contribution < 1.29 is 15.0 Å². The summed E-state index contributed by atoms with van der Waals surface area (Å²) in [7, 11) is 0. The second-order valence-corrected chi connectivity index (χ2v) is 4.28. The van der Waals surface area contributed by atoms with Crippen molar-refractivity contribution in [2.24, 2.45) is 0 Å². The maximum Gasteiger partial charge on any atom is 0.221 e. The van der Waals surface area contributed by atoms with Crippen LogP contribution in [0.25, 0.3) is 0 Å². The fourth-order valence-electron chi connectivity index (χ4n) is 1.52. The second-order valence-electron chi connectivity index (χ2n) is 3.83. The van der Waals surface area contributed by atoms with Gasteiger partial charge in [-0.3, -0.25) is 4.79 Å². The quantitative estimate of drug-likeness (QED) is 0.600. The van der Waals surface area contributed by atoms with Crippen molar-refractivity contribution in [2.45, 2.75) is 25.6 Å². The molecular formula is C12H17NO3S. The highest BCUT2D eigenvalue weighted by atomic mass is 32.1. The van der Waals surface area contributed by atoms with Crippen molar-refractivity contribution in [2.75, 3.05) is 11.1 Å². The van der Waals surface area contributed by atoms with Crippen molar-refractivity contribution in [3.63, 3.8) is 0 Å². The number of aliphatic hydroxyl groups excluding tert-OH is 2. The Morgan fingerprint density at radius 3 is 2.76 bits per heavy atom. The Morgan fingerprint density at radius 1 is 1.47 bits per heavy atom. The van der Waals surface area contributed by atoms with Crippen molar-refractivity contribution >= 4 is 24.2 Å². The van der Waals surface area contributed by atoms with Crippen LogP contribution in [-0.2, 0) is 4.79 Å². The average molecular weight is 255 g/mol. The minimum atomic E-state index is -0.962. The zero-order chi connectivity index (χ0) is 12.8. The summed E-state index contributed by atoms with van der Waals surface area (Å²) in [6, 6.07) is 6.80. The highest BCUT2D eigenvalue weighted by Gasteiger charge is 2.17. The van der Waals surface area contributed by atoms with E-state index in [-0.39, 0.29) is 5.91 Å². The van der Waals surface area contributed by atoms with Crippen LogP contribution < -0.4 is 5.32 Å². The van der Waals surface area contributed by atoms with Gasteiger partial charge in [0.2, 0.25) is 5.91 Å². The van der Waals surface area contributed by atoms with Crippen molar-refractivity contribution in [3.05, 3.63) is 29.8 Å². The lowest BCUT2D eigenvalue weighted by Crippen LogP contribution is -2.19. The van der Waals surface area contributed by atoms with E-state index < -0.39 is 12.2 Å². The van der Waals surface area contributed by atoms with Gasteiger partial charge in [0.05, 0.1) is 6.10 Å². The molecule has 2 atom stereocenters. The average Bonchev–Trinajstić information content (AvgIpc) is 2.28. The molecule has 3 N–H and O–H groups in total. The molecule has 94 valence electrons. The first-order valence-corrected chi connectivity index (χ1v) is 6.02. The second kappa shape index (κ2) is 6.64. The van der Waals surface area contributed by atoms with E-state index in [2.05, 4.69) is 17.9 Å². The van der Waals surface area contributed by atoms with Crippen molar-refractivity contribution in [3.8, 4) is 0 Å². The number of anilines is 1. The van der Waals surface area contributed by atoms with Gasteiger partial charge in [-0.2, -0.15) is 12.6 Å². The third kappa shape index (κ3) is 4.38. The third-order valence-corrected chi connectivity index (χ3v) is 2.60. The molecule has 0 aromatic heterocycles. The first-order valence-electron chi connectivity index (χ1n) is 5.39. The molecule has 1 aromatic rings. The number of benzene rings is 1. The molecule has 0 aliphatic rings. The van der Waals surface area contributed by atoms with Crippen LogP contribution in [0.1, 0.15) is 25.0 Å². The van der Waals surface area contributed by atoms with Crippen LogP contribution in [0.3, 0.4) is 0 Å². The van der Waals surface area contributed by atoms with E-state index in [1.807, 2.05) is 0 Å². The van der Waals surface area contributed by atoms with Gasteiger partial charge in [0, 0.05) is 12.6 Å². The standard InChI is InChI=1S/C12H17NO3S/c1-8(14)13-10-4-2-3-9(7-10)12(16)11(15)5-6-17/h2-4,7,11-12,15-17H,5-6H2,1H3,(H,13,14). The molecule has 17 heavy (non-hydrogen) atoms. The van der Waals surface area contributed by atoms with Gasteiger partial charge >= 0.3 is 0 Å². The van der Waals surface area contributed by atoms with Crippen molar-refractivity contribution in [1.29, 1.82) is 0 Å². The van der Waals surface area contributed by atoms with Gasteiger partial charge < -0.3 is 15.5 Å². The molecule has 0 aliphatic heterocycles. The van der Waals surface area contributed by atoms with Gasteiger partial charge in [-0.1, -0.05) is 12.1 Å². The van der Waals surface area contributed by atoms with E-state index in [1.165, 1.54) is 6.92 Å². The zero-order valence-electron chi connectivity index (χ0n) is 9.63. The van der Waals surface area contributed by atoms with Gasteiger partial charge in [0.1, 0.15) is 6.10 Å².